The monoisotopic (exact) mass is 206 g/mol. The van der Waals surface area contributed by atoms with E-state index in [1.54, 1.807) is 0 Å². The van der Waals surface area contributed by atoms with Gasteiger partial charge < -0.3 is 5.32 Å². The molecule has 78 valence electrons. The zero-order valence-corrected chi connectivity index (χ0v) is 8.86. The van der Waals surface area contributed by atoms with E-state index in [9.17, 15) is 8.42 Å². The second kappa shape index (κ2) is 4.93. The van der Waals surface area contributed by atoms with Gasteiger partial charge in [-0.3, -0.25) is 0 Å². The van der Waals surface area contributed by atoms with Crippen molar-refractivity contribution in [2.45, 2.75) is 31.7 Å². The summed E-state index contributed by atoms with van der Waals surface area (Å²) in [5, 5.41) is 2.99. The van der Waals surface area contributed by atoms with Crippen molar-refractivity contribution in [2.24, 2.45) is 0 Å². The standard InChI is InChI=1S/C8H18N2O2S/c1-9-6-2-3-7-13(11,12)10-8-4-5-8/h8-10H,2-7H2,1H3. The van der Waals surface area contributed by atoms with Crippen LogP contribution in [0.15, 0.2) is 0 Å². The second-order valence-electron chi connectivity index (χ2n) is 3.52. The van der Waals surface area contributed by atoms with E-state index in [1.807, 2.05) is 7.05 Å². The molecule has 0 radical (unpaired) electrons. The second-order valence-corrected chi connectivity index (χ2v) is 5.40. The Hall–Kier alpha value is -0.130. The first-order valence-corrected chi connectivity index (χ1v) is 6.44. The first-order valence-electron chi connectivity index (χ1n) is 4.78. The molecule has 1 saturated carbocycles. The van der Waals surface area contributed by atoms with E-state index in [-0.39, 0.29) is 11.8 Å². The summed E-state index contributed by atoms with van der Waals surface area (Å²) < 4.78 is 25.3. The van der Waals surface area contributed by atoms with Gasteiger partial charge in [0.2, 0.25) is 10.0 Å². The minimum Gasteiger partial charge on any atom is -0.320 e. The van der Waals surface area contributed by atoms with Crippen molar-refractivity contribution in [1.82, 2.24) is 10.0 Å². The van der Waals surface area contributed by atoms with Crippen molar-refractivity contribution in [2.75, 3.05) is 19.3 Å². The number of rotatable bonds is 7. The summed E-state index contributed by atoms with van der Waals surface area (Å²) in [7, 11) is -1.10. The molecule has 0 aliphatic heterocycles. The van der Waals surface area contributed by atoms with Crippen LogP contribution in [-0.2, 0) is 10.0 Å². The Morgan fingerprint density at radius 3 is 2.54 bits per heavy atom. The molecule has 0 saturated heterocycles. The summed E-state index contributed by atoms with van der Waals surface area (Å²) in [5.74, 6) is 0.269. The van der Waals surface area contributed by atoms with Crippen molar-refractivity contribution < 1.29 is 8.42 Å². The maximum absolute atomic E-state index is 11.3. The van der Waals surface area contributed by atoms with Crippen LogP contribution in [0.2, 0.25) is 0 Å². The zero-order valence-electron chi connectivity index (χ0n) is 8.04. The summed E-state index contributed by atoms with van der Waals surface area (Å²) in [6.45, 7) is 0.888. The van der Waals surface area contributed by atoms with E-state index < -0.39 is 10.0 Å². The van der Waals surface area contributed by atoms with Gasteiger partial charge in [0.05, 0.1) is 5.75 Å². The lowest BCUT2D eigenvalue weighted by Crippen LogP contribution is -2.28. The quantitative estimate of drug-likeness (QED) is 0.579. The summed E-state index contributed by atoms with van der Waals surface area (Å²) >= 11 is 0. The molecule has 0 aromatic carbocycles. The lowest BCUT2D eigenvalue weighted by atomic mass is 10.3. The van der Waals surface area contributed by atoms with Crippen LogP contribution in [0.1, 0.15) is 25.7 Å². The molecule has 0 aromatic rings. The van der Waals surface area contributed by atoms with E-state index in [2.05, 4.69) is 10.0 Å². The number of nitrogens with one attached hydrogen (secondary N) is 2. The summed E-state index contributed by atoms with van der Waals surface area (Å²) in [4.78, 5) is 0. The van der Waals surface area contributed by atoms with Crippen molar-refractivity contribution in [3.8, 4) is 0 Å². The third-order valence-electron chi connectivity index (χ3n) is 2.01. The molecular formula is C8H18N2O2S. The molecule has 0 aromatic heterocycles. The van der Waals surface area contributed by atoms with Crippen LogP contribution in [0.5, 0.6) is 0 Å². The van der Waals surface area contributed by atoms with Crippen LogP contribution in [0.4, 0.5) is 0 Å². The Morgan fingerprint density at radius 2 is 2.00 bits per heavy atom. The van der Waals surface area contributed by atoms with Gasteiger partial charge in [-0.2, -0.15) is 0 Å². The average Bonchev–Trinajstić information content (AvgIpc) is 2.81. The van der Waals surface area contributed by atoms with Gasteiger partial charge in [0.25, 0.3) is 0 Å². The summed E-state index contributed by atoms with van der Waals surface area (Å²) in [6.07, 6.45) is 3.68. The lowest BCUT2D eigenvalue weighted by molar-refractivity contribution is 0.575. The van der Waals surface area contributed by atoms with Gasteiger partial charge in [-0.25, -0.2) is 13.1 Å². The number of hydrogen-bond acceptors (Lipinski definition) is 3. The molecule has 4 nitrogen and oxygen atoms in total. The summed E-state index contributed by atoms with van der Waals surface area (Å²) in [5.41, 5.74) is 0. The Bertz CT molecular complexity index is 235. The largest absolute Gasteiger partial charge is 0.320 e. The molecule has 0 amide bonds. The maximum atomic E-state index is 11.3. The Morgan fingerprint density at radius 1 is 1.31 bits per heavy atom. The molecule has 1 aliphatic rings. The molecule has 5 heteroatoms. The Balaban J connectivity index is 2.10. The molecule has 2 N–H and O–H groups in total. The van der Waals surface area contributed by atoms with Gasteiger partial charge in [0.1, 0.15) is 0 Å². The third-order valence-corrected chi connectivity index (χ3v) is 3.53. The number of hydrogen-bond donors (Lipinski definition) is 2. The predicted molar refractivity (Wildman–Crippen MR) is 53.1 cm³/mol. The van der Waals surface area contributed by atoms with E-state index in [4.69, 9.17) is 0 Å². The fraction of sp³-hybridized carbons (Fsp3) is 1.00. The van der Waals surface area contributed by atoms with Crippen LogP contribution >= 0.6 is 0 Å². The summed E-state index contributed by atoms with van der Waals surface area (Å²) in [6, 6.07) is 0.245. The highest BCUT2D eigenvalue weighted by molar-refractivity contribution is 7.89. The molecule has 0 spiro atoms. The highest BCUT2D eigenvalue weighted by Gasteiger charge is 2.26. The first kappa shape index (κ1) is 10.9. The van der Waals surface area contributed by atoms with Crippen LogP contribution < -0.4 is 10.0 Å². The van der Waals surface area contributed by atoms with E-state index in [0.717, 1.165) is 32.2 Å². The molecule has 0 heterocycles. The van der Waals surface area contributed by atoms with E-state index in [0.29, 0.717) is 0 Å². The highest BCUT2D eigenvalue weighted by Crippen LogP contribution is 2.19. The van der Waals surface area contributed by atoms with Gasteiger partial charge >= 0.3 is 0 Å². The van der Waals surface area contributed by atoms with Gasteiger partial charge in [-0.15, -0.1) is 0 Å². The van der Waals surface area contributed by atoms with Crippen LogP contribution in [-0.4, -0.2) is 33.8 Å². The van der Waals surface area contributed by atoms with Crippen molar-refractivity contribution in [3.05, 3.63) is 0 Å². The Labute approximate surface area is 80.1 Å². The highest BCUT2D eigenvalue weighted by atomic mass is 32.2. The van der Waals surface area contributed by atoms with Gasteiger partial charge in [-0.05, 0) is 39.3 Å². The van der Waals surface area contributed by atoms with Crippen molar-refractivity contribution in [3.63, 3.8) is 0 Å². The molecule has 0 atom stereocenters. The minimum absolute atomic E-state index is 0.245. The smallest absolute Gasteiger partial charge is 0.211 e. The molecular weight excluding hydrogens is 188 g/mol. The minimum atomic E-state index is -2.98. The van der Waals surface area contributed by atoms with Gasteiger partial charge in [-0.1, -0.05) is 0 Å². The topological polar surface area (TPSA) is 58.2 Å². The van der Waals surface area contributed by atoms with E-state index >= 15 is 0 Å². The molecule has 1 rings (SSSR count). The van der Waals surface area contributed by atoms with Crippen LogP contribution in [0, 0.1) is 0 Å². The average molecular weight is 206 g/mol. The molecule has 0 unspecified atom stereocenters. The lowest BCUT2D eigenvalue weighted by Gasteiger charge is -2.04. The van der Waals surface area contributed by atoms with Gasteiger partial charge in [0.15, 0.2) is 0 Å². The van der Waals surface area contributed by atoms with Crippen LogP contribution in [0.3, 0.4) is 0 Å². The molecule has 13 heavy (non-hydrogen) atoms. The number of sulfonamides is 1. The van der Waals surface area contributed by atoms with Crippen molar-refractivity contribution in [1.29, 1.82) is 0 Å². The Kier molecular flexibility index (Phi) is 4.15. The third kappa shape index (κ3) is 5.23. The van der Waals surface area contributed by atoms with Crippen LogP contribution in [0.25, 0.3) is 0 Å². The fourth-order valence-corrected chi connectivity index (χ4v) is 2.55. The fourth-order valence-electron chi connectivity index (χ4n) is 1.11. The van der Waals surface area contributed by atoms with Crippen molar-refractivity contribution >= 4 is 10.0 Å². The van der Waals surface area contributed by atoms with Gasteiger partial charge in [0, 0.05) is 6.04 Å². The molecule has 1 aliphatic carbocycles. The first-order chi connectivity index (χ1) is 6.14. The number of unbranched alkanes of at least 4 members (excludes halogenated alkanes) is 1. The SMILES string of the molecule is CNCCCCS(=O)(=O)NC1CC1. The predicted octanol–water partition coefficient (Wildman–Crippen LogP) is 0.0678. The zero-order chi connectivity index (χ0) is 9.73. The van der Waals surface area contributed by atoms with E-state index in [1.165, 1.54) is 0 Å². The normalized spacial score (nSPS) is 17.6. The maximum Gasteiger partial charge on any atom is 0.211 e. The molecule has 0 bridgehead atoms. The molecule has 1 fully saturated rings.